The first-order chi connectivity index (χ1) is 8.28. The molecule has 1 amide bonds. The molecule has 1 rings (SSSR count). The average molecular weight is 248 g/mol. The molecular formula is C15H24N2O. The summed E-state index contributed by atoms with van der Waals surface area (Å²) in [5.41, 5.74) is 2.32. The van der Waals surface area contributed by atoms with Crippen LogP contribution in [0.4, 0.5) is 0 Å². The van der Waals surface area contributed by atoms with Crippen LogP contribution in [0.1, 0.15) is 44.9 Å². The zero-order chi connectivity index (χ0) is 13.8. The Morgan fingerprint density at radius 1 is 1.22 bits per heavy atom. The zero-order valence-corrected chi connectivity index (χ0v) is 12.0. The van der Waals surface area contributed by atoms with E-state index >= 15 is 0 Å². The molecule has 0 saturated heterocycles. The third kappa shape index (κ3) is 5.32. The van der Waals surface area contributed by atoms with Crippen molar-refractivity contribution in [2.45, 2.75) is 46.2 Å². The molecule has 0 aliphatic heterocycles. The van der Waals surface area contributed by atoms with E-state index in [-0.39, 0.29) is 17.5 Å². The van der Waals surface area contributed by atoms with E-state index in [9.17, 15) is 4.79 Å². The minimum Gasteiger partial charge on any atom is -0.348 e. The monoisotopic (exact) mass is 248 g/mol. The molecule has 0 spiro atoms. The van der Waals surface area contributed by atoms with Gasteiger partial charge in [-0.1, -0.05) is 29.8 Å². The van der Waals surface area contributed by atoms with Gasteiger partial charge in [-0.3, -0.25) is 4.79 Å². The van der Waals surface area contributed by atoms with Crippen molar-refractivity contribution in [1.82, 2.24) is 10.6 Å². The SMILES string of the molecule is Cc1ccc(C(C)NC(=O)CNC(C)(C)C)cc1. The molecule has 100 valence electrons. The summed E-state index contributed by atoms with van der Waals surface area (Å²) in [6, 6.07) is 8.27. The highest BCUT2D eigenvalue weighted by Gasteiger charge is 2.13. The van der Waals surface area contributed by atoms with Crippen molar-refractivity contribution in [3.8, 4) is 0 Å². The molecular weight excluding hydrogens is 224 g/mol. The first-order valence-corrected chi connectivity index (χ1v) is 6.39. The summed E-state index contributed by atoms with van der Waals surface area (Å²) < 4.78 is 0. The third-order valence-electron chi connectivity index (χ3n) is 2.73. The van der Waals surface area contributed by atoms with Gasteiger partial charge in [0.05, 0.1) is 12.6 Å². The van der Waals surface area contributed by atoms with E-state index in [4.69, 9.17) is 0 Å². The lowest BCUT2D eigenvalue weighted by Gasteiger charge is -2.21. The molecule has 3 heteroatoms. The van der Waals surface area contributed by atoms with Gasteiger partial charge in [-0.25, -0.2) is 0 Å². The van der Waals surface area contributed by atoms with Crippen LogP contribution in [-0.2, 0) is 4.79 Å². The van der Waals surface area contributed by atoms with Crippen LogP contribution in [-0.4, -0.2) is 18.0 Å². The normalized spacial score (nSPS) is 13.2. The summed E-state index contributed by atoms with van der Waals surface area (Å²) in [6.07, 6.45) is 0. The molecule has 1 unspecified atom stereocenters. The smallest absolute Gasteiger partial charge is 0.234 e. The van der Waals surface area contributed by atoms with Crippen molar-refractivity contribution in [2.24, 2.45) is 0 Å². The number of amides is 1. The Balaban J connectivity index is 2.47. The Morgan fingerprint density at radius 3 is 2.28 bits per heavy atom. The Bertz CT molecular complexity index is 390. The lowest BCUT2D eigenvalue weighted by molar-refractivity contribution is -0.121. The van der Waals surface area contributed by atoms with Crippen molar-refractivity contribution in [3.05, 3.63) is 35.4 Å². The Labute approximate surface area is 110 Å². The van der Waals surface area contributed by atoms with Crippen molar-refractivity contribution < 1.29 is 4.79 Å². The summed E-state index contributed by atoms with van der Waals surface area (Å²) in [4.78, 5) is 11.8. The molecule has 0 aromatic heterocycles. The van der Waals surface area contributed by atoms with Gasteiger partial charge in [0.2, 0.25) is 5.91 Å². The molecule has 0 aliphatic rings. The average Bonchev–Trinajstić information content (AvgIpc) is 2.26. The number of rotatable bonds is 4. The number of carbonyl (C=O) groups excluding carboxylic acids is 1. The van der Waals surface area contributed by atoms with Gasteiger partial charge in [0.15, 0.2) is 0 Å². The number of aryl methyl sites for hydroxylation is 1. The molecule has 2 N–H and O–H groups in total. The van der Waals surface area contributed by atoms with E-state index in [0.29, 0.717) is 6.54 Å². The molecule has 1 aromatic carbocycles. The third-order valence-corrected chi connectivity index (χ3v) is 2.73. The molecule has 18 heavy (non-hydrogen) atoms. The molecule has 1 aromatic rings. The second kappa shape index (κ2) is 6.01. The second-order valence-corrected chi connectivity index (χ2v) is 5.80. The van der Waals surface area contributed by atoms with Crippen LogP contribution >= 0.6 is 0 Å². The second-order valence-electron chi connectivity index (χ2n) is 5.80. The number of hydrogen-bond acceptors (Lipinski definition) is 2. The maximum Gasteiger partial charge on any atom is 0.234 e. The highest BCUT2D eigenvalue weighted by molar-refractivity contribution is 5.78. The quantitative estimate of drug-likeness (QED) is 0.860. The van der Waals surface area contributed by atoms with Crippen molar-refractivity contribution >= 4 is 5.91 Å². The first-order valence-electron chi connectivity index (χ1n) is 6.39. The van der Waals surface area contributed by atoms with Gasteiger partial charge >= 0.3 is 0 Å². The van der Waals surface area contributed by atoms with Crippen LogP contribution in [0.25, 0.3) is 0 Å². The van der Waals surface area contributed by atoms with E-state index in [1.54, 1.807) is 0 Å². The van der Waals surface area contributed by atoms with Crippen molar-refractivity contribution in [2.75, 3.05) is 6.54 Å². The number of nitrogens with one attached hydrogen (secondary N) is 2. The molecule has 1 atom stereocenters. The summed E-state index contributed by atoms with van der Waals surface area (Å²) in [6.45, 7) is 10.5. The highest BCUT2D eigenvalue weighted by atomic mass is 16.1. The number of hydrogen-bond donors (Lipinski definition) is 2. The number of benzene rings is 1. The summed E-state index contributed by atoms with van der Waals surface area (Å²) in [7, 11) is 0. The van der Waals surface area contributed by atoms with E-state index in [1.807, 2.05) is 27.7 Å². The van der Waals surface area contributed by atoms with Crippen LogP contribution in [0, 0.1) is 6.92 Å². The van der Waals surface area contributed by atoms with Gasteiger partial charge in [0.25, 0.3) is 0 Å². The van der Waals surface area contributed by atoms with Crippen LogP contribution < -0.4 is 10.6 Å². The predicted molar refractivity (Wildman–Crippen MR) is 75.5 cm³/mol. The molecule has 0 saturated carbocycles. The minimum atomic E-state index is -0.0373. The van der Waals surface area contributed by atoms with Crippen LogP contribution in [0.2, 0.25) is 0 Å². The standard InChI is InChI=1S/C15H24N2O/c1-11-6-8-13(9-7-11)12(2)17-14(18)10-16-15(3,4)5/h6-9,12,16H,10H2,1-5H3,(H,17,18). The predicted octanol–water partition coefficient (Wildman–Crippen LogP) is 2.56. The summed E-state index contributed by atoms with van der Waals surface area (Å²) in [5, 5.41) is 6.16. The Morgan fingerprint density at radius 2 is 1.78 bits per heavy atom. The van der Waals surface area contributed by atoms with Gasteiger partial charge in [-0.15, -0.1) is 0 Å². The van der Waals surface area contributed by atoms with Crippen molar-refractivity contribution in [1.29, 1.82) is 0 Å². The maximum absolute atomic E-state index is 11.8. The first kappa shape index (κ1) is 14.7. The van der Waals surface area contributed by atoms with E-state index in [1.165, 1.54) is 5.56 Å². The van der Waals surface area contributed by atoms with Gasteiger partial charge in [-0.2, -0.15) is 0 Å². The van der Waals surface area contributed by atoms with Crippen molar-refractivity contribution in [3.63, 3.8) is 0 Å². The molecule has 0 aliphatic carbocycles. The summed E-state index contributed by atoms with van der Waals surface area (Å²) >= 11 is 0. The number of carbonyl (C=O) groups is 1. The fourth-order valence-electron chi connectivity index (χ4n) is 1.58. The fraction of sp³-hybridized carbons (Fsp3) is 0.533. The Kier molecular flexibility index (Phi) is 4.91. The van der Waals surface area contributed by atoms with Gasteiger partial charge in [0, 0.05) is 5.54 Å². The lowest BCUT2D eigenvalue weighted by atomic mass is 10.1. The van der Waals surface area contributed by atoms with Gasteiger partial charge in [-0.05, 0) is 40.2 Å². The molecule has 0 bridgehead atoms. The van der Waals surface area contributed by atoms with E-state index in [0.717, 1.165) is 5.56 Å². The van der Waals surface area contributed by atoms with E-state index < -0.39 is 0 Å². The van der Waals surface area contributed by atoms with Gasteiger partial charge in [0.1, 0.15) is 0 Å². The lowest BCUT2D eigenvalue weighted by Crippen LogP contribution is -2.43. The van der Waals surface area contributed by atoms with Crippen LogP contribution in [0.15, 0.2) is 24.3 Å². The van der Waals surface area contributed by atoms with Crippen LogP contribution in [0.5, 0.6) is 0 Å². The van der Waals surface area contributed by atoms with Crippen LogP contribution in [0.3, 0.4) is 0 Å². The topological polar surface area (TPSA) is 41.1 Å². The summed E-state index contributed by atoms with van der Waals surface area (Å²) in [5.74, 6) is 0.0259. The fourth-order valence-corrected chi connectivity index (χ4v) is 1.58. The molecule has 0 heterocycles. The Hall–Kier alpha value is -1.35. The maximum atomic E-state index is 11.8. The molecule has 0 fully saturated rings. The largest absolute Gasteiger partial charge is 0.348 e. The minimum absolute atomic E-state index is 0.0259. The zero-order valence-electron chi connectivity index (χ0n) is 12.0. The van der Waals surface area contributed by atoms with E-state index in [2.05, 4.69) is 41.8 Å². The van der Waals surface area contributed by atoms with Gasteiger partial charge < -0.3 is 10.6 Å². The highest BCUT2D eigenvalue weighted by Crippen LogP contribution is 2.12. The molecule has 0 radical (unpaired) electrons. The molecule has 3 nitrogen and oxygen atoms in total.